The van der Waals surface area contributed by atoms with Crippen LogP contribution in [0.5, 0.6) is 0 Å². The van der Waals surface area contributed by atoms with Crippen molar-refractivity contribution in [3.8, 4) is 6.07 Å². The minimum absolute atomic E-state index is 0.323. The van der Waals surface area contributed by atoms with Crippen LogP contribution in [0.15, 0.2) is 18.2 Å². The quantitative estimate of drug-likeness (QED) is 0.833. The molecule has 17 heavy (non-hydrogen) atoms. The van der Waals surface area contributed by atoms with Gasteiger partial charge in [-0.25, -0.2) is 0 Å². The number of nitriles is 1. The summed E-state index contributed by atoms with van der Waals surface area (Å²) in [5, 5.41) is 19.5. The van der Waals surface area contributed by atoms with Crippen molar-refractivity contribution < 1.29 is 5.11 Å². The number of benzene rings is 1. The van der Waals surface area contributed by atoms with E-state index in [1.54, 1.807) is 12.1 Å². The van der Waals surface area contributed by atoms with Crippen LogP contribution >= 0.6 is 11.6 Å². The molecule has 0 aromatic heterocycles. The van der Waals surface area contributed by atoms with Gasteiger partial charge in [0.05, 0.1) is 17.4 Å². The van der Waals surface area contributed by atoms with Gasteiger partial charge in [-0.2, -0.15) is 5.26 Å². The molecule has 1 N–H and O–H groups in total. The maximum atomic E-state index is 9.88. The highest BCUT2D eigenvalue weighted by Crippen LogP contribution is 2.28. The van der Waals surface area contributed by atoms with Crippen molar-refractivity contribution in [3.05, 3.63) is 28.8 Å². The first-order valence-electron chi connectivity index (χ1n) is 5.74. The summed E-state index contributed by atoms with van der Waals surface area (Å²) in [4.78, 5) is 2.06. The lowest BCUT2D eigenvalue weighted by atomic mass is 9.95. The van der Waals surface area contributed by atoms with E-state index in [2.05, 4.69) is 17.9 Å². The maximum Gasteiger partial charge on any atom is 0.101 e. The Kier molecular flexibility index (Phi) is 3.56. The van der Waals surface area contributed by atoms with Gasteiger partial charge in [-0.1, -0.05) is 18.5 Å². The molecule has 3 nitrogen and oxygen atoms in total. The van der Waals surface area contributed by atoms with Gasteiger partial charge in [-0.3, -0.25) is 0 Å². The molecule has 2 atom stereocenters. The molecule has 4 heteroatoms. The molecule has 2 rings (SSSR count). The lowest BCUT2D eigenvalue weighted by molar-refractivity contribution is 0.103. The first-order valence-corrected chi connectivity index (χ1v) is 6.12. The first-order chi connectivity index (χ1) is 8.11. The minimum Gasteiger partial charge on any atom is -0.391 e. The summed E-state index contributed by atoms with van der Waals surface area (Å²) in [6.07, 6.45) is 0.611. The molecule has 1 fully saturated rings. The smallest absolute Gasteiger partial charge is 0.101 e. The average Bonchev–Trinajstić information content (AvgIpc) is 2.32. The van der Waals surface area contributed by atoms with Crippen molar-refractivity contribution >= 4 is 17.3 Å². The molecule has 0 aliphatic carbocycles. The zero-order valence-corrected chi connectivity index (χ0v) is 10.5. The number of aliphatic hydroxyl groups excluding tert-OH is 1. The molecule has 1 heterocycles. The van der Waals surface area contributed by atoms with E-state index in [-0.39, 0.29) is 6.10 Å². The molecule has 1 aromatic rings. The van der Waals surface area contributed by atoms with Crippen LogP contribution in [-0.4, -0.2) is 24.3 Å². The Balaban J connectivity index is 2.26. The second-order valence-corrected chi connectivity index (χ2v) is 4.99. The second kappa shape index (κ2) is 4.95. The van der Waals surface area contributed by atoms with Gasteiger partial charge >= 0.3 is 0 Å². The summed E-state index contributed by atoms with van der Waals surface area (Å²) in [5.74, 6) is 0.323. The van der Waals surface area contributed by atoms with E-state index in [0.29, 0.717) is 23.0 Å². The van der Waals surface area contributed by atoms with Crippen molar-refractivity contribution in [2.45, 2.75) is 19.4 Å². The molecular formula is C13H15ClN2O. The van der Waals surface area contributed by atoms with E-state index in [1.807, 2.05) is 6.07 Å². The number of anilines is 1. The molecule has 0 bridgehead atoms. The predicted octanol–water partition coefficient (Wildman–Crippen LogP) is 2.42. The summed E-state index contributed by atoms with van der Waals surface area (Å²) in [6.45, 7) is 3.50. The number of aliphatic hydroxyl groups is 1. The highest BCUT2D eigenvalue weighted by atomic mass is 35.5. The lowest BCUT2D eigenvalue weighted by Crippen LogP contribution is -2.43. The van der Waals surface area contributed by atoms with E-state index in [0.717, 1.165) is 18.7 Å². The molecule has 0 amide bonds. The average molecular weight is 251 g/mol. The second-order valence-electron chi connectivity index (χ2n) is 4.55. The Labute approximate surface area is 106 Å². The molecule has 1 aliphatic rings. The number of piperidine rings is 1. The monoisotopic (exact) mass is 250 g/mol. The zero-order valence-electron chi connectivity index (χ0n) is 9.73. The standard InChI is InChI=1S/C13H15ClN2O/c1-9-4-5-16(8-13(9)17)12-3-2-11(14)6-10(12)7-15/h2-3,6,9,13,17H,4-5,8H2,1H3/t9-,13-/m0/s1. The number of halogens is 1. The molecule has 0 saturated carbocycles. The molecular weight excluding hydrogens is 236 g/mol. The first kappa shape index (κ1) is 12.2. The minimum atomic E-state index is -0.328. The van der Waals surface area contributed by atoms with Crippen molar-refractivity contribution in [3.63, 3.8) is 0 Å². The topological polar surface area (TPSA) is 47.3 Å². The van der Waals surface area contributed by atoms with Gasteiger partial charge in [0, 0.05) is 18.1 Å². The Hall–Kier alpha value is -1.24. The van der Waals surface area contributed by atoms with Crippen molar-refractivity contribution in [1.29, 1.82) is 5.26 Å². The van der Waals surface area contributed by atoms with Crippen LogP contribution in [0.1, 0.15) is 18.9 Å². The van der Waals surface area contributed by atoms with Crippen LogP contribution in [0.2, 0.25) is 5.02 Å². The number of rotatable bonds is 1. The molecule has 0 spiro atoms. The Bertz CT molecular complexity index is 455. The summed E-state index contributed by atoms with van der Waals surface area (Å²) in [5.41, 5.74) is 1.43. The van der Waals surface area contributed by atoms with Crippen LogP contribution in [0.3, 0.4) is 0 Å². The third-order valence-corrected chi connectivity index (χ3v) is 3.57. The Morgan fingerprint density at radius 1 is 1.53 bits per heavy atom. The van der Waals surface area contributed by atoms with Gasteiger partial charge in [0.2, 0.25) is 0 Å². The highest BCUT2D eigenvalue weighted by Gasteiger charge is 2.25. The van der Waals surface area contributed by atoms with Gasteiger partial charge in [0.1, 0.15) is 6.07 Å². The fourth-order valence-electron chi connectivity index (χ4n) is 2.14. The predicted molar refractivity (Wildman–Crippen MR) is 68.2 cm³/mol. The van der Waals surface area contributed by atoms with Crippen molar-refractivity contribution in [2.24, 2.45) is 5.92 Å². The van der Waals surface area contributed by atoms with Crippen LogP contribution in [0.4, 0.5) is 5.69 Å². The molecule has 0 radical (unpaired) electrons. The summed E-state index contributed by atoms with van der Waals surface area (Å²) in [6, 6.07) is 7.45. The number of hydrogen-bond donors (Lipinski definition) is 1. The van der Waals surface area contributed by atoms with Crippen LogP contribution in [0, 0.1) is 17.2 Å². The maximum absolute atomic E-state index is 9.88. The van der Waals surface area contributed by atoms with E-state index in [4.69, 9.17) is 16.9 Å². The van der Waals surface area contributed by atoms with Crippen molar-refractivity contribution in [1.82, 2.24) is 0 Å². The number of nitrogens with zero attached hydrogens (tertiary/aromatic N) is 2. The van der Waals surface area contributed by atoms with Gasteiger partial charge in [-0.05, 0) is 30.5 Å². The SMILES string of the molecule is C[C@H]1CCN(c2ccc(Cl)cc2C#N)C[C@@H]1O. The van der Waals surface area contributed by atoms with Crippen LogP contribution < -0.4 is 4.90 Å². The van der Waals surface area contributed by atoms with E-state index in [1.165, 1.54) is 0 Å². The summed E-state index contributed by atoms with van der Waals surface area (Å²) in [7, 11) is 0. The lowest BCUT2D eigenvalue weighted by Gasteiger charge is -2.36. The van der Waals surface area contributed by atoms with Gasteiger partial charge in [0.25, 0.3) is 0 Å². The fourth-order valence-corrected chi connectivity index (χ4v) is 2.31. The fraction of sp³-hybridized carbons (Fsp3) is 0.462. The zero-order chi connectivity index (χ0) is 12.4. The van der Waals surface area contributed by atoms with Crippen molar-refractivity contribution in [2.75, 3.05) is 18.0 Å². The number of hydrogen-bond acceptors (Lipinski definition) is 3. The van der Waals surface area contributed by atoms with E-state index < -0.39 is 0 Å². The summed E-state index contributed by atoms with van der Waals surface area (Å²) >= 11 is 5.87. The van der Waals surface area contributed by atoms with Crippen LogP contribution in [0.25, 0.3) is 0 Å². The third kappa shape index (κ3) is 2.54. The van der Waals surface area contributed by atoms with Gasteiger partial charge in [0.15, 0.2) is 0 Å². The van der Waals surface area contributed by atoms with Crippen LogP contribution in [-0.2, 0) is 0 Å². The molecule has 0 unspecified atom stereocenters. The molecule has 1 saturated heterocycles. The Morgan fingerprint density at radius 2 is 2.29 bits per heavy atom. The largest absolute Gasteiger partial charge is 0.391 e. The summed E-state index contributed by atoms with van der Waals surface area (Å²) < 4.78 is 0. The molecule has 1 aromatic carbocycles. The van der Waals surface area contributed by atoms with Gasteiger partial charge < -0.3 is 10.0 Å². The van der Waals surface area contributed by atoms with E-state index >= 15 is 0 Å². The Morgan fingerprint density at radius 3 is 2.94 bits per heavy atom. The van der Waals surface area contributed by atoms with Gasteiger partial charge in [-0.15, -0.1) is 0 Å². The normalized spacial score (nSPS) is 24.5. The molecule has 1 aliphatic heterocycles. The third-order valence-electron chi connectivity index (χ3n) is 3.34. The number of β-amino-alcohol motifs (C(OH)–C–C–N with tert-alkyl or cyclic N) is 1. The highest BCUT2D eigenvalue weighted by molar-refractivity contribution is 6.30. The molecule has 90 valence electrons. The van der Waals surface area contributed by atoms with E-state index in [9.17, 15) is 5.11 Å².